The van der Waals surface area contributed by atoms with E-state index in [1.165, 1.54) is 18.1 Å². The molecule has 23 heavy (non-hydrogen) atoms. The van der Waals surface area contributed by atoms with Crippen molar-refractivity contribution in [1.82, 2.24) is 14.9 Å². The van der Waals surface area contributed by atoms with E-state index in [0.29, 0.717) is 17.5 Å². The number of benzene rings is 1. The molecule has 2 rings (SSSR count). The average Bonchev–Trinajstić information content (AvgIpc) is 2.51. The maximum atomic E-state index is 12.3. The maximum Gasteiger partial charge on any atom is 0.411 e. The van der Waals surface area contributed by atoms with Gasteiger partial charge >= 0.3 is 6.09 Å². The van der Waals surface area contributed by atoms with Gasteiger partial charge < -0.3 is 9.53 Å². The monoisotopic (exact) mass is 315 g/mol. The Bertz CT molecular complexity index is 739. The number of likely N-dealkylation sites (N-methyl/N-ethyl adjacent to an activating group) is 1. The molecule has 6 nitrogen and oxygen atoms in total. The highest BCUT2D eigenvalue weighted by Crippen LogP contribution is 2.26. The SMILES string of the molecule is CN(C(=O)OC(C)(C)C)C(C)(C=O)c1cnc2ccccc2n1. The third kappa shape index (κ3) is 3.47. The van der Waals surface area contributed by atoms with Crippen molar-refractivity contribution in [2.24, 2.45) is 0 Å². The largest absolute Gasteiger partial charge is 0.444 e. The molecule has 6 heteroatoms. The molecule has 1 amide bonds. The molecule has 0 fully saturated rings. The summed E-state index contributed by atoms with van der Waals surface area (Å²) in [4.78, 5) is 34.1. The Morgan fingerprint density at radius 3 is 2.35 bits per heavy atom. The van der Waals surface area contributed by atoms with Crippen LogP contribution in [-0.4, -0.2) is 39.9 Å². The van der Waals surface area contributed by atoms with Gasteiger partial charge in [-0.1, -0.05) is 12.1 Å². The van der Waals surface area contributed by atoms with E-state index < -0.39 is 17.2 Å². The number of nitrogens with zero attached hydrogens (tertiary/aromatic N) is 3. The van der Waals surface area contributed by atoms with Gasteiger partial charge in [0.2, 0.25) is 0 Å². The lowest BCUT2D eigenvalue weighted by atomic mass is 9.98. The van der Waals surface area contributed by atoms with Crippen LogP contribution in [0, 0.1) is 0 Å². The summed E-state index contributed by atoms with van der Waals surface area (Å²) in [6.07, 6.45) is 1.59. The van der Waals surface area contributed by atoms with Crippen LogP contribution in [0.1, 0.15) is 33.4 Å². The van der Waals surface area contributed by atoms with Crippen LogP contribution in [0.2, 0.25) is 0 Å². The molecule has 0 saturated carbocycles. The highest BCUT2D eigenvalue weighted by molar-refractivity contribution is 5.79. The molecule has 122 valence electrons. The molecule has 1 heterocycles. The summed E-state index contributed by atoms with van der Waals surface area (Å²) >= 11 is 0. The summed E-state index contributed by atoms with van der Waals surface area (Å²) in [7, 11) is 1.51. The zero-order chi connectivity index (χ0) is 17.3. The van der Waals surface area contributed by atoms with Gasteiger partial charge in [0, 0.05) is 7.05 Å². The lowest BCUT2D eigenvalue weighted by Crippen LogP contribution is -2.48. The van der Waals surface area contributed by atoms with Crippen molar-refractivity contribution in [3.8, 4) is 0 Å². The van der Waals surface area contributed by atoms with Crippen LogP contribution >= 0.6 is 0 Å². The fourth-order valence-corrected chi connectivity index (χ4v) is 2.03. The van der Waals surface area contributed by atoms with Gasteiger partial charge in [-0.05, 0) is 39.8 Å². The van der Waals surface area contributed by atoms with Crippen molar-refractivity contribution in [3.05, 3.63) is 36.2 Å². The van der Waals surface area contributed by atoms with E-state index in [0.717, 1.165) is 5.52 Å². The number of aromatic nitrogens is 2. The second kappa shape index (κ2) is 5.95. The summed E-state index contributed by atoms with van der Waals surface area (Å²) in [6.45, 7) is 6.93. The number of rotatable bonds is 3. The Morgan fingerprint density at radius 2 is 1.78 bits per heavy atom. The first-order valence-electron chi connectivity index (χ1n) is 7.33. The number of hydrogen-bond acceptors (Lipinski definition) is 5. The summed E-state index contributed by atoms with van der Waals surface area (Å²) in [6, 6.07) is 7.35. The first-order valence-corrected chi connectivity index (χ1v) is 7.33. The normalized spacial score (nSPS) is 14.1. The summed E-state index contributed by atoms with van der Waals surface area (Å²) in [5, 5.41) is 0. The molecule has 0 radical (unpaired) electrons. The van der Waals surface area contributed by atoms with Gasteiger partial charge in [0.25, 0.3) is 0 Å². The Balaban J connectivity index is 2.41. The highest BCUT2D eigenvalue weighted by atomic mass is 16.6. The number of aldehydes is 1. The van der Waals surface area contributed by atoms with Crippen molar-refractivity contribution in [2.75, 3.05) is 7.05 Å². The molecule has 1 unspecified atom stereocenters. The lowest BCUT2D eigenvalue weighted by Gasteiger charge is -2.34. The van der Waals surface area contributed by atoms with Gasteiger partial charge in [0.05, 0.1) is 22.9 Å². The van der Waals surface area contributed by atoms with E-state index >= 15 is 0 Å². The number of carbonyl (C=O) groups excluding carboxylic acids is 2. The summed E-state index contributed by atoms with van der Waals surface area (Å²) in [5.74, 6) is 0. The second-order valence-corrected chi connectivity index (χ2v) is 6.55. The summed E-state index contributed by atoms with van der Waals surface area (Å²) in [5.41, 5.74) is -0.136. The topological polar surface area (TPSA) is 72.4 Å². The van der Waals surface area contributed by atoms with Gasteiger partial charge in [-0.3, -0.25) is 9.88 Å². The van der Waals surface area contributed by atoms with Crippen molar-refractivity contribution in [2.45, 2.75) is 38.8 Å². The van der Waals surface area contributed by atoms with Crippen molar-refractivity contribution in [1.29, 1.82) is 0 Å². The molecule has 0 aliphatic carbocycles. The minimum absolute atomic E-state index is 0.388. The minimum Gasteiger partial charge on any atom is -0.444 e. The van der Waals surface area contributed by atoms with Gasteiger partial charge in [0.1, 0.15) is 11.1 Å². The first-order chi connectivity index (χ1) is 10.7. The lowest BCUT2D eigenvalue weighted by molar-refractivity contribution is -0.117. The van der Waals surface area contributed by atoms with E-state index in [1.807, 2.05) is 24.3 Å². The molecule has 0 spiro atoms. The Kier molecular flexibility index (Phi) is 4.36. The van der Waals surface area contributed by atoms with E-state index in [4.69, 9.17) is 4.74 Å². The first kappa shape index (κ1) is 16.9. The Morgan fingerprint density at radius 1 is 1.17 bits per heavy atom. The van der Waals surface area contributed by atoms with E-state index in [9.17, 15) is 9.59 Å². The summed E-state index contributed by atoms with van der Waals surface area (Å²) < 4.78 is 5.34. The third-order valence-corrected chi connectivity index (χ3v) is 3.56. The molecule has 1 aromatic carbocycles. The molecular weight excluding hydrogens is 294 g/mol. The molecular formula is C17H21N3O3. The van der Waals surface area contributed by atoms with Crippen LogP contribution < -0.4 is 0 Å². The number of carbonyl (C=O) groups is 2. The highest BCUT2D eigenvalue weighted by Gasteiger charge is 2.38. The van der Waals surface area contributed by atoms with E-state index in [1.54, 1.807) is 27.7 Å². The van der Waals surface area contributed by atoms with Crippen LogP contribution in [0.5, 0.6) is 0 Å². The molecule has 0 N–H and O–H groups in total. The van der Waals surface area contributed by atoms with Gasteiger partial charge in [-0.15, -0.1) is 0 Å². The quantitative estimate of drug-likeness (QED) is 0.814. The number of hydrogen-bond donors (Lipinski definition) is 0. The predicted molar refractivity (Wildman–Crippen MR) is 87.0 cm³/mol. The molecule has 0 bridgehead atoms. The van der Waals surface area contributed by atoms with Crippen LogP contribution in [0.3, 0.4) is 0 Å². The third-order valence-electron chi connectivity index (χ3n) is 3.56. The molecule has 1 aromatic heterocycles. The fourth-order valence-electron chi connectivity index (χ4n) is 2.03. The van der Waals surface area contributed by atoms with Crippen LogP contribution in [0.4, 0.5) is 4.79 Å². The number of para-hydroxylation sites is 2. The van der Waals surface area contributed by atoms with Crippen LogP contribution in [-0.2, 0) is 15.1 Å². The Hall–Kier alpha value is -2.50. The molecule has 0 aliphatic rings. The smallest absolute Gasteiger partial charge is 0.411 e. The van der Waals surface area contributed by atoms with Crippen molar-refractivity contribution < 1.29 is 14.3 Å². The molecule has 1 atom stereocenters. The van der Waals surface area contributed by atoms with Gasteiger partial charge in [-0.2, -0.15) is 0 Å². The fraction of sp³-hybridized carbons (Fsp3) is 0.412. The Labute approximate surface area is 135 Å². The zero-order valence-electron chi connectivity index (χ0n) is 14.0. The van der Waals surface area contributed by atoms with E-state index in [2.05, 4.69) is 9.97 Å². The maximum absolute atomic E-state index is 12.3. The number of amides is 1. The standard InChI is InChI=1S/C17H21N3O3/c1-16(2,3)23-15(22)20(5)17(4,11-21)14-10-18-12-8-6-7-9-13(12)19-14/h6-11H,1-5H3. The van der Waals surface area contributed by atoms with Crippen molar-refractivity contribution >= 4 is 23.4 Å². The minimum atomic E-state index is -1.26. The zero-order valence-corrected chi connectivity index (χ0v) is 14.0. The van der Waals surface area contributed by atoms with Gasteiger partial charge in [-0.25, -0.2) is 9.78 Å². The number of fused-ring (bicyclic) bond motifs is 1. The number of ether oxygens (including phenoxy) is 1. The molecule has 0 aliphatic heterocycles. The second-order valence-electron chi connectivity index (χ2n) is 6.55. The van der Waals surface area contributed by atoms with E-state index in [-0.39, 0.29) is 0 Å². The molecule has 0 saturated heterocycles. The average molecular weight is 315 g/mol. The van der Waals surface area contributed by atoms with Crippen LogP contribution in [0.15, 0.2) is 30.5 Å². The van der Waals surface area contributed by atoms with Crippen molar-refractivity contribution in [3.63, 3.8) is 0 Å². The van der Waals surface area contributed by atoms with Crippen LogP contribution in [0.25, 0.3) is 11.0 Å². The predicted octanol–water partition coefficient (Wildman–Crippen LogP) is 2.91. The van der Waals surface area contributed by atoms with Gasteiger partial charge in [0.15, 0.2) is 6.29 Å². The molecule has 2 aromatic rings.